The first-order valence-corrected chi connectivity index (χ1v) is 10.0. The summed E-state index contributed by atoms with van der Waals surface area (Å²) in [6, 6.07) is -0.0209. The molecule has 0 aromatic carbocycles. The molecule has 0 spiro atoms. The van der Waals surface area contributed by atoms with E-state index in [1.165, 1.54) is 4.88 Å². The van der Waals surface area contributed by atoms with E-state index in [1.807, 2.05) is 20.8 Å². The van der Waals surface area contributed by atoms with Crippen LogP contribution in [0.4, 0.5) is 4.79 Å². The van der Waals surface area contributed by atoms with Gasteiger partial charge in [-0.3, -0.25) is 4.21 Å². The molecule has 3 atom stereocenters. The van der Waals surface area contributed by atoms with Crippen LogP contribution >= 0.6 is 11.3 Å². The molecule has 2 amide bonds. The summed E-state index contributed by atoms with van der Waals surface area (Å²) in [4.78, 5) is 17.6. The second kappa shape index (κ2) is 8.06. The Morgan fingerprint density at radius 2 is 2.18 bits per heavy atom. The fourth-order valence-electron chi connectivity index (χ4n) is 2.76. The van der Waals surface area contributed by atoms with Crippen LogP contribution in [-0.4, -0.2) is 32.3 Å². The average Bonchev–Trinajstić information content (AvgIpc) is 2.83. The van der Waals surface area contributed by atoms with Crippen molar-refractivity contribution in [1.29, 1.82) is 0 Å². The summed E-state index contributed by atoms with van der Waals surface area (Å²) < 4.78 is 11.9. The Balaban J connectivity index is 1.77. The Bertz CT molecular complexity index is 525. The van der Waals surface area contributed by atoms with Crippen molar-refractivity contribution in [2.24, 2.45) is 0 Å². The molecule has 1 aliphatic rings. The number of nitrogens with one attached hydrogen (secondary N) is 2. The van der Waals surface area contributed by atoms with Crippen LogP contribution < -0.4 is 10.6 Å². The first-order chi connectivity index (χ1) is 10.5. The van der Waals surface area contributed by atoms with Crippen molar-refractivity contribution in [2.75, 3.05) is 5.75 Å². The highest BCUT2D eigenvalue weighted by Gasteiger charge is 2.26. The molecule has 1 aromatic rings. The Morgan fingerprint density at radius 1 is 1.41 bits per heavy atom. The summed E-state index contributed by atoms with van der Waals surface area (Å²) in [7, 11) is -0.762. The fourth-order valence-corrected chi connectivity index (χ4v) is 4.98. The maximum atomic E-state index is 12.0. The predicted octanol–water partition coefficient (Wildman–Crippen LogP) is 2.64. The summed E-state index contributed by atoms with van der Waals surface area (Å²) in [5, 5.41) is 7.04. The van der Waals surface area contributed by atoms with Gasteiger partial charge in [0.15, 0.2) is 0 Å². The monoisotopic (exact) mass is 343 g/mol. The lowest BCUT2D eigenvalue weighted by atomic mass is 9.95. The van der Waals surface area contributed by atoms with Gasteiger partial charge in [-0.15, -0.1) is 11.3 Å². The van der Waals surface area contributed by atoms with Gasteiger partial charge >= 0.3 is 6.03 Å². The van der Waals surface area contributed by atoms with Gasteiger partial charge in [-0.25, -0.2) is 9.78 Å². The van der Waals surface area contributed by atoms with Gasteiger partial charge in [-0.2, -0.15) is 0 Å². The van der Waals surface area contributed by atoms with Gasteiger partial charge in [-0.05, 0) is 33.1 Å². The lowest BCUT2D eigenvalue weighted by Gasteiger charge is -2.29. The SMILES string of the molecule is CC[S@@](=O)[C@@H]1CCC[C@H](NC(=O)NCc2nc(C)c(C)s2)C1. The van der Waals surface area contributed by atoms with Gasteiger partial charge in [0, 0.05) is 32.7 Å². The lowest BCUT2D eigenvalue weighted by Crippen LogP contribution is -2.45. The third kappa shape index (κ3) is 4.78. The normalized spacial score (nSPS) is 23.0. The first-order valence-electron chi connectivity index (χ1n) is 7.84. The highest BCUT2D eigenvalue weighted by Crippen LogP contribution is 2.23. The van der Waals surface area contributed by atoms with E-state index < -0.39 is 10.8 Å². The van der Waals surface area contributed by atoms with Gasteiger partial charge in [0.25, 0.3) is 0 Å². The molecule has 2 rings (SSSR count). The minimum atomic E-state index is -0.762. The van der Waals surface area contributed by atoms with Gasteiger partial charge in [0.1, 0.15) is 5.01 Å². The molecule has 2 N–H and O–H groups in total. The van der Waals surface area contributed by atoms with Crippen LogP contribution in [0.5, 0.6) is 0 Å². The average molecular weight is 344 g/mol. The zero-order valence-electron chi connectivity index (χ0n) is 13.5. The van der Waals surface area contributed by atoms with Gasteiger partial charge < -0.3 is 10.6 Å². The van der Waals surface area contributed by atoms with Crippen molar-refractivity contribution in [3.05, 3.63) is 15.6 Å². The van der Waals surface area contributed by atoms with E-state index in [-0.39, 0.29) is 17.3 Å². The maximum absolute atomic E-state index is 12.0. The molecular weight excluding hydrogens is 318 g/mol. The molecule has 1 aliphatic carbocycles. The molecule has 0 aliphatic heterocycles. The number of aryl methyl sites for hydroxylation is 2. The molecule has 0 saturated heterocycles. The molecule has 0 radical (unpaired) electrons. The van der Waals surface area contributed by atoms with Gasteiger partial charge in [-0.1, -0.05) is 13.3 Å². The van der Waals surface area contributed by atoms with Crippen molar-refractivity contribution in [3.63, 3.8) is 0 Å². The van der Waals surface area contributed by atoms with E-state index in [0.717, 1.165) is 36.4 Å². The van der Waals surface area contributed by atoms with Crippen LogP contribution in [-0.2, 0) is 17.3 Å². The second-order valence-electron chi connectivity index (χ2n) is 5.73. The van der Waals surface area contributed by atoms with Crippen LogP contribution in [0.15, 0.2) is 0 Å². The van der Waals surface area contributed by atoms with E-state index in [4.69, 9.17) is 0 Å². The zero-order chi connectivity index (χ0) is 16.1. The molecule has 124 valence electrons. The van der Waals surface area contributed by atoms with Crippen LogP contribution in [0.1, 0.15) is 48.2 Å². The Hall–Kier alpha value is -0.950. The molecule has 1 heterocycles. The smallest absolute Gasteiger partial charge is 0.315 e. The number of hydrogen-bond donors (Lipinski definition) is 2. The van der Waals surface area contributed by atoms with Crippen LogP contribution in [0.25, 0.3) is 0 Å². The van der Waals surface area contributed by atoms with Crippen LogP contribution in [0.3, 0.4) is 0 Å². The molecule has 1 fully saturated rings. The van der Waals surface area contributed by atoms with Crippen molar-refractivity contribution < 1.29 is 9.00 Å². The first kappa shape index (κ1) is 17.4. The van der Waals surface area contributed by atoms with Gasteiger partial charge in [0.2, 0.25) is 0 Å². The lowest BCUT2D eigenvalue weighted by molar-refractivity contribution is 0.232. The topological polar surface area (TPSA) is 71.1 Å². The number of rotatable bonds is 5. The minimum Gasteiger partial charge on any atom is -0.335 e. The Labute approximate surface area is 138 Å². The number of aromatic nitrogens is 1. The van der Waals surface area contributed by atoms with Crippen LogP contribution in [0, 0.1) is 13.8 Å². The number of urea groups is 1. The van der Waals surface area contributed by atoms with Crippen LogP contribution in [0.2, 0.25) is 0 Å². The number of hydrogen-bond acceptors (Lipinski definition) is 4. The Morgan fingerprint density at radius 3 is 2.82 bits per heavy atom. The summed E-state index contributed by atoms with van der Waals surface area (Å²) in [5.74, 6) is 0.701. The number of nitrogens with zero attached hydrogens (tertiary/aromatic N) is 1. The number of carbonyl (C=O) groups excluding carboxylic acids is 1. The van der Waals surface area contributed by atoms with Crippen molar-refractivity contribution in [1.82, 2.24) is 15.6 Å². The molecule has 5 nitrogen and oxygen atoms in total. The molecule has 1 aromatic heterocycles. The molecule has 7 heteroatoms. The fraction of sp³-hybridized carbons (Fsp3) is 0.733. The molecule has 22 heavy (non-hydrogen) atoms. The quantitative estimate of drug-likeness (QED) is 0.863. The summed E-state index contributed by atoms with van der Waals surface area (Å²) in [6.07, 6.45) is 3.84. The van der Waals surface area contributed by atoms with E-state index in [0.29, 0.717) is 12.3 Å². The molecule has 1 saturated carbocycles. The zero-order valence-corrected chi connectivity index (χ0v) is 15.1. The largest absolute Gasteiger partial charge is 0.335 e. The third-order valence-corrected chi connectivity index (χ3v) is 6.90. The highest BCUT2D eigenvalue weighted by molar-refractivity contribution is 7.85. The van der Waals surface area contributed by atoms with E-state index >= 15 is 0 Å². The minimum absolute atomic E-state index is 0.133. The summed E-state index contributed by atoms with van der Waals surface area (Å²) in [5.41, 5.74) is 1.03. The number of carbonyl (C=O) groups is 1. The van der Waals surface area contributed by atoms with Gasteiger partial charge in [0.05, 0.1) is 12.2 Å². The molecule has 0 bridgehead atoms. The maximum Gasteiger partial charge on any atom is 0.315 e. The van der Waals surface area contributed by atoms with Crippen molar-refractivity contribution >= 4 is 28.2 Å². The van der Waals surface area contributed by atoms with Crippen molar-refractivity contribution in [2.45, 2.75) is 64.3 Å². The summed E-state index contributed by atoms with van der Waals surface area (Å²) in [6.45, 7) is 6.43. The number of thiazole rings is 1. The third-order valence-electron chi connectivity index (χ3n) is 4.09. The standard InChI is InChI=1S/C15H25N3O2S2/c1-4-22(20)13-7-5-6-12(8-13)18-15(19)16-9-14-17-10(2)11(3)21-14/h12-13H,4-9H2,1-3H3,(H2,16,18,19)/t12-,13+,22+/m0/s1. The number of amides is 2. The summed E-state index contributed by atoms with van der Waals surface area (Å²) >= 11 is 1.62. The van der Waals surface area contributed by atoms with E-state index in [2.05, 4.69) is 15.6 Å². The molecular formula is C15H25N3O2S2. The van der Waals surface area contributed by atoms with E-state index in [1.54, 1.807) is 11.3 Å². The highest BCUT2D eigenvalue weighted by atomic mass is 32.2. The van der Waals surface area contributed by atoms with E-state index in [9.17, 15) is 9.00 Å². The van der Waals surface area contributed by atoms with Crippen molar-refractivity contribution in [3.8, 4) is 0 Å². The second-order valence-corrected chi connectivity index (χ2v) is 9.02. The molecule has 0 unspecified atom stereocenters. The Kier molecular flexibility index (Phi) is 6.37. The predicted molar refractivity (Wildman–Crippen MR) is 91.7 cm³/mol.